The smallest absolute Gasteiger partial charge is 0.381 e. The molecule has 0 aromatic rings. The number of hydrogen-bond donors (Lipinski definition) is 1. The van der Waals surface area contributed by atoms with Gasteiger partial charge in [0.15, 0.2) is 0 Å². The molecule has 1 unspecified atom stereocenters. The second-order valence-electron chi connectivity index (χ2n) is 3.87. The number of rotatable bonds is 3. The monoisotopic (exact) mass is 211 g/mol. The van der Waals surface area contributed by atoms with Crippen LogP contribution in [0.1, 0.15) is 25.7 Å². The number of hydrogen-bond acceptors (Lipinski definition) is 2. The van der Waals surface area contributed by atoms with E-state index in [9.17, 15) is 13.2 Å². The van der Waals surface area contributed by atoms with Gasteiger partial charge < -0.3 is 10.5 Å². The van der Waals surface area contributed by atoms with Crippen molar-refractivity contribution in [3.63, 3.8) is 0 Å². The average Bonchev–Trinajstić information content (AvgIpc) is 2.02. The minimum atomic E-state index is -4.13. The summed E-state index contributed by atoms with van der Waals surface area (Å²) in [5, 5.41) is 0. The lowest BCUT2D eigenvalue weighted by molar-refractivity contribution is -0.139. The van der Waals surface area contributed by atoms with Gasteiger partial charge in [0.1, 0.15) is 0 Å². The molecule has 0 aliphatic carbocycles. The Morgan fingerprint density at radius 1 is 1.29 bits per heavy atom. The molecule has 5 heteroatoms. The predicted octanol–water partition coefficient (Wildman–Crippen LogP) is 2.08. The van der Waals surface area contributed by atoms with Crippen molar-refractivity contribution in [3.8, 4) is 0 Å². The molecular formula is C9H16F3NO. The molecule has 2 N–H and O–H groups in total. The fraction of sp³-hybridized carbons (Fsp3) is 1.00. The molecule has 0 radical (unpaired) electrons. The first-order valence-electron chi connectivity index (χ1n) is 4.87. The van der Waals surface area contributed by atoms with Crippen LogP contribution in [0.4, 0.5) is 13.2 Å². The summed E-state index contributed by atoms with van der Waals surface area (Å²) < 4.78 is 41.0. The Bertz CT molecular complexity index is 166. The van der Waals surface area contributed by atoms with E-state index in [2.05, 4.69) is 0 Å². The Labute approximate surface area is 81.6 Å². The van der Waals surface area contributed by atoms with Crippen molar-refractivity contribution in [2.75, 3.05) is 13.2 Å². The van der Waals surface area contributed by atoms with E-state index < -0.39 is 18.6 Å². The first-order chi connectivity index (χ1) is 6.47. The second-order valence-corrected chi connectivity index (χ2v) is 3.87. The zero-order valence-corrected chi connectivity index (χ0v) is 8.02. The summed E-state index contributed by atoms with van der Waals surface area (Å²) in [6.45, 7) is 1.31. The van der Waals surface area contributed by atoms with E-state index in [0.717, 1.165) is 12.8 Å². The SMILES string of the molecule is NC(CC1CCOCC1)CC(F)(F)F. The maximum atomic E-state index is 12.0. The zero-order chi connectivity index (χ0) is 10.6. The molecule has 1 saturated heterocycles. The molecule has 0 saturated carbocycles. The minimum absolute atomic E-state index is 0.307. The van der Waals surface area contributed by atoms with Gasteiger partial charge in [-0.15, -0.1) is 0 Å². The van der Waals surface area contributed by atoms with Crippen LogP contribution < -0.4 is 5.73 Å². The van der Waals surface area contributed by atoms with Crippen LogP contribution in [0.15, 0.2) is 0 Å². The van der Waals surface area contributed by atoms with Gasteiger partial charge in [-0.1, -0.05) is 0 Å². The average molecular weight is 211 g/mol. The quantitative estimate of drug-likeness (QED) is 0.775. The van der Waals surface area contributed by atoms with Gasteiger partial charge in [0.25, 0.3) is 0 Å². The Hall–Kier alpha value is -0.290. The van der Waals surface area contributed by atoms with Crippen molar-refractivity contribution in [1.29, 1.82) is 0 Å². The molecule has 0 bridgehead atoms. The summed E-state index contributed by atoms with van der Waals surface area (Å²) in [4.78, 5) is 0. The van der Waals surface area contributed by atoms with E-state index >= 15 is 0 Å². The predicted molar refractivity (Wildman–Crippen MR) is 46.8 cm³/mol. The number of nitrogens with two attached hydrogens (primary N) is 1. The molecule has 1 aliphatic heterocycles. The van der Waals surface area contributed by atoms with Crippen molar-refractivity contribution >= 4 is 0 Å². The highest BCUT2D eigenvalue weighted by Gasteiger charge is 2.31. The fourth-order valence-electron chi connectivity index (χ4n) is 1.79. The van der Waals surface area contributed by atoms with Gasteiger partial charge >= 0.3 is 6.18 Å². The van der Waals surface area contributed by atoms with E-state index in [1.54, 1.807) is 0 Å². The fourth-order valence-corrected chi connectivity index (χ4v) is 1.79. The molecule has 84 valence electrons. The molecular weight excluding hydrogens is 195 g/mol. The van der Waals surface area contributed by atoms with Gasteiger partial charge in [-0.2, -0.15) is 13.2 Å². The molecule has 1 heterocycles. The standard InChI is InChI=1S/C9H16F3NO/c10-9(11,12)6-8(13)5-7-1-3-14-4-2-7/h7-8H,1-6,13H2. The molecule has 0 spiro atoms. The topological polar surface area (TPSA) is 35.2 Å². The minimum Gasteiger partial charge on any atom is -0.381 e. The molecule has 14 heavy (non-hydrogen) atoms. The van der Waals surface area contributed by atoms with Crippen LogP contribution in [0.2, 0.25) is 0 Å². The number of halogens is 3. The summed E-state index contributed by atoms with van der Waals surface area (Å²) in [5.74, 6) is 0.307. The molecule has 0 aromatic heterocycles. The van der Waals surface area contributed by atoms with Crippen molar-refractivity contribution in [1.82, 2.24) is 0 Å². The van der Waals surface area contributed by atoms with Crippen molar-refractivity contribution in [3.05, 3.63) is 0 Å². The summed E-state index contributed by atoms with van der Waals surface area (Å²) in [6, 6.07) is -0.752. The zero-order valence-electron chi connectivity index (χ0n) is 8.02. The lowest BCUT2D eigenvalue weighted by Gasteiger charge is -2.25. The number of ether oxygens (including phenoxy) is 1. The van der Waals surface area contributed by atoms with Crippen LogP contribution >= 0.6 is 0 Å². The van der Waals surface area contributed by atoms with Gasteiger partial charge in [0, 0.05) is 19.3 Å². The lowest BCUT2D eigenvalue weighted by atomic mass is 9.92. The van der Waals surface area contributed by atoms with E-state index in [4.69, 9.17) is 10.5 Å². The third kappa shape index (κ3) is 4.81. The van der Waals surface area contributed by atoms with E-state index in [1.165, 1.54) is 0 Å². The van der Waals surface area contributed by atoms with Crippen LogP contribution in [-0.2, 0) is 4.74 Å². The largest absolute Gasteiger partial charge is 0.390 e. The molecule has 0 amide bonds. The highest BCUT2D eigenvalue weighted by Crippen LogP contribution is 2.26. The van der Waals surface area contributed by atoms with Crippen LogP contribution in [0.5, 0.6) is 0 Å². The maximum absolute atomic E-state index is 12.0. The van der Waals surface area contributed by atoms with Crippen LogP contribution in [-0.4, -0.2) is 25.4 Å². The van der Waals surface area contributed by atoms with E-state index in [1.807, 2.05) is 0 Å². The highest BCUT2D eigenvalue weighted by atomic mass is 19.4. The van der Waals surface area contributed by atoms with Gasteiger partial charge in [-0.05, 0) is 25.2 Å². The van der Waals surface area contributed by atoms with Crippen molar-refractivity contribution in [2.45, 2.75) is 37.9 Å². The Kier molecular flexibility index (Phi) is 4.19. The highest BCUT2D eigenvalue weighted by molar-refractivity contribution is 4.73. The van der Waals surface area contributed by atoms with Crippen LogP contribution in [0, 0.1) is 5.92 Å². The summed E-state index contributed by atoms with van der Waals surface area (Å²) in [6.07, 6.45) is -2.87. The molecule has 2 nitrogen and oxygen atoms in total. The van der Waals surface area contributed by atoms with Crippen molar-refractivity contribution < 1.29 is 17.9 Å². The van der Waals surface area contributed by atoms with Gasteiger partial charge in [0.2, 0.25) is 0 Å². The maximum Gasteiger partial charge on any atom is 0.390 e. The third-order valence-electron chi connectivity index (χ3n) is 2.47. The molecule has 1 rings (SSSR count). The van der Waals surface area contributed by atoms with Gasteiger partial charge in [-0.25, -0.2) is 0 Å². The molecule has 1 aliphatic rings. The second kappa shape index (κ2) is 4.98. The van der Waals surface area contributed by atoms with Crippen molar-refractivity contribution in [2.24, 2.45) is 11.7 Å². The molecule has 0 aromatic carbocycles. The lowest BCUT2D eigenvalue weighted by Crippen LogP contribution is -2.31. The molecule has 1 atom stereocenters. The Balaban J connectivity index is 2.21. The van der Waals surface area contributed by atoms with Gasteiger partial charge in [0.05, 0.1) is 6.42 Å². The van der Waals surface area contributed by atoms with Gasteiger partial charge in [-0.3, -0.25) is 0 Å². The van der Waals surface area contributed by atoms with Crippen LogP contribution in [0.3, 0.4) is 0 Å². The first kappa shape index (κ1) is 11.8. The Morgan fingerprint density at radius 2 is 1.86 bits per heavy atom. The third-order valence-corrected chi connectivity index (χ3v) is 2.47. The van der Waals surface area contributed by atoms with Crippen LogP contribution in [0.25, 0.3) is 0 Å². The first-order valence-corrected chi connectivity index (χ1v) is 4.87. The van der Waals surface area contributed by atoms with E-state index in [0.29, 0.717) is 25.6 Å². The normalized spacial score (nSPS) is 22.3. The molecule has 1 fully saturated rings. The number of alkyl halides is 3. The summed E-state index contributed by atoms with van der Waals surface area (Å²) >= 11 is 0. The van der Waals surface area contributed by atoms with E-state index in [-0.39, 0.29) is 0 Å². The Morgan fingerprint density at radius 3 is 2.36 bits per heavy atom. The summed E-state index contributed by atoms with van der Waals surface area (Å²) in [5.41, 5.74) is 5.43. The summed E-state index contributed by atoms with van der Waals surface area (Å²) in [7, 11) is 0.